The molecule has 0 atom stereocenters. The fraction of sp³-hybridized carbons (Fsp3) is 0.195. The zero-order valence-electron chi connectivity index (χ0n) is 56.9. The molecule has 4 heterocycles. The van der Waals surface area contributed by atoms with Crippen molar-refractivity contribution < 1.29 is 37.2 Å². The second-order valence-electron chi connectivity index (χ2n) is 27.4. The van der Waals surface area contributed by atoms with Gasteiger partial charge in [0.1, 0.15) is 5.82 Å². The van der Waals surface area contributed by atoms with Gasteiger partial charge in [0.2, 0.25) is 0 Å². The smallest absolute Gasteiger partial charge is 0.268 e. The number of benzene rings is 10. The van der Waals surface area contributed by atoms with Gasteiger partial charge in [0.15, 0.2) is 0 Å². The minimum Gasteiger partial charge on any atom is -0.510 e. The molecular weight excluding hydrogens is 1250 g/mol. The number of hydrogen-bond donors (Lipinski definition) is 0. The van der Waals surface area contributed by atoms with E-state index in [0.29, 0.717) is 22.7 Å². The van der Waals surface area contributed by atoms with Gasteiger partial charge in [-0.05, 0) is 146 Å². The topological polar surface area (TPSA) is 35.9 Å². The van der Waals surface area contributed by atoms with Crippen LogP contribution >= 0.6 is 0 Å². The molecule has 3 aromatic heterocycles. The fourth-order valence-electron chi connectivity index (χ4n) is 12.5. The van der Waals surface area contributed by atoms with E-state index in [1.165, 1.54) is 22.3 Å². The zero-order valence-corrected chi connectivity index (χ0v) is 54.2. The molecule has 0 aliphatic carbocycles. The molecule has 0 bridgehead atoms. The van der Waals surface area contributed by atoms with Crippen LogP contribution < -0.4 is 9.30 Å². The van der Waals surface area contributed by atoms with Crippen LogP contribution in [-0.4, -0.2) is 14.1 Å². The first-order valence-corrected chi connectivity index (χ1v) is 30.1. The summed E-state index contributed by atoms with van der Waals surface area (Å²) in [6.07, 6.45) is 5.89. The van der Waals surface area contributed by atoms with Gasteiger partial charge in [-0.1, -0.05) is 246 Å². The maximum Gasteiger partial charge on any atom is 0.268 e. The van der Waals surface area contributed by atoms with Crippen LogP contribution in [0.3, 0.4) is 0 Å². The van der Waals surface area contributed by atoms with E-state index in [4.69, 9.17) is 13.8 Å². The third-order valence-corrected chi connectivity index (χ3v) is 17.3. The Kier molecular flexibility index (Phi) is 12.9. The molecular formula is C82H72N4OPt-2. The van der Waals surface area contributed by atoms with Crippen LogP contribution in [0, 0.1) is 18.5 Å². The SMILES string of the molecule is [2H]c1c([2H])c([2H])c(-c2cccc3c2-c2cccc(-c4ccc(C(C)(C)C)cc4)c2-[n+]2[c-]n(-c4[c-]c(Oc5[c-]c6c(cc5)c5ccccc5n6-c5cc(C(C)(C)C)ccn5)ccc4)c4cc(-c5cc(C(C)(C)C)cc(C(C)(C)C)c5)cc(c42)-c2ccccc2-3)c([2H])c1[2H].[Pt]. The largest absolute Gasteiger partial charge is 0.510 e. The van der Waals surface area contributed by atoms with Gasteiger partial charge < -0.3 is 13.9 Å². The van der Waals surface area contributed by atoms with Crippen LogP contribution in [0.2, 0.25) is 0 Å². The monoisotopic (exact) mass is 1330 g/mol. The summed E-state index contributed by atoms with van der Waals surface area (Å²) in [5, 5.41) is 2.12. The minimum atomic E-state index is -0.446. The molecule has 0 saturated heterocycles. The molecule has 0 fully saturated rings. The van der Waals surface area contributed by atoms with Crippen molar-refractivity contribution in [2.75, 3.05) is 0 Å². The molecule has 0 unspecified atom stereocenters. The Bertz CT molecular complexity index is 5120. The van der Waals surface area contributed by atoms with E-state index >= 15 is 0 Å². The molecule has 5 nitrogen and oxygen atoms in total. The Hall–Kier alpha value is -8.89. The van der Waals surface area contributed by atoms with Crippen LogP contribution in [0.25, 0.3) is 117 Å². The van der Waals surface area contributed by atoms with Crippen molar-refractivity contribution in [2.45, 2.75) is 105 Å². The van der Waals surface area contributed by atoms with Gasteiger partial charge in [-0.25, -0.2) is 4.98 Å². The number of para-hydroxylation sites is 2. The Balaban J connectivity index is 0.00000787. The van der Waals surface area contributed by atoms with Crippen LogP contribution in [0.4, 0.5) is 0 Å². The van der Waals surface area contributed by atoms with Crippen LogP contribution in [0.5, 0.6) is 11.5 Å². The number of ether oxygens (including phenoxy) is 1. The van der Waals surface area contributed by atoms with Crippen molar-refractivity contribution in [3.8, 4) is 95.5 Å². The van der Waals surface area contributed by atoms with Crippen molar-refractivity contribution in [3.05, 3.63) is 259 Å². The van der Waals surface area contributed by atoms with Gasteiger partial charge in [-0.2, -0.15) is 18.2 Å². The summed E-state index contributed by atoms with van der Waals surface area (Å²) in [6.45, 7) is 26.9. The summed E-state index contributed by atoms with van der Waals surface area (Å²) < 4.78 is 59.2. The molecule has 438 valence electrons. The number of rotatable bonds is 7. The maximum absolute atomic E-state index is 9.53. The molecule has 1 aliphatic rings. The van der Waals surface area contributed by atoms with Crippen LogP contribution in [-0.2, 0) is 42.7 Å². The van der Waals surface area contributed by atoms with Crippen molar-refractivity contribution in [2.24, 2.45) is 0 Å². The number of pyridine rings is 1. The molecule has 10 aromatic carbocycles. The van der Waals surface area contributed by atoms with Gasteiger partial charge in [0, 0.05) is 44.3 Å². The van der Waals surface area contributed by atoms with E-state index in [1.54, 1.807) is 0 Å². The van der Waals surface area contributed by atoms with Gasteiger partial charge in [-0.3, -0.25) is 4.57 Å². The first-order valence-electron chi connectivity index (χ1n) is 32.6. The number of hydrogen-bond acceptors (Lipinski definition) is 2. The Morgan fingerprint density at radius 1 is 0.443 bits per heavy atom. The summed E-state index contributed by atoms with van der Waals surface area (Å²) in [5.74, 6) is 1.79. The Labute approximate surface area is 540 Å². The number of nitrogens with zero attached hydrogens (tertiary/aromatic N) is 4. The summed E-state index contributed by atoms with van der Waals surface area (Å²) >= 11 is 0. The third-order valence-electron chi connectivity index (χ3n) is 17.3. The molecule has 88 heavy (non-hydrogen) atoms. The Morgan fingerprint density at radius 2 is 1.05 bits per heavy atom. The molecule has 13 aromatic rings. The Morgan fingerprint density at radius 3 is 1.75 bits per heavy atom. The average Bonchev–Trinajstić information content (AvgIpc) is 1.62. The third kappa shape index (κ3) is 10.3. The van der Waals surface area contributed by atoms with Gasteiger partial charge >= 0.3 is 0 Å². The summed E-state index contributed by atoms with van der Waals surface area (Å²) in [4.78, 5) is 4.93. The van der Waals surface area contributed by atoms with E-state index in [9.17, 15) is 2.74 Å². The molecule has 1 aliphatic heterocycles. The van der Waals surface area contributed by atoms with E-state index in [0.717, 1.165) is 100.0 Å². The number of aromatic nitrogens is 4. The minimum absolute atomic E-state index is 0. The molecule has 0 radical (unpaired) electrons. The molecule has 0 N–H and O–H groups in total. The zero-order chi connectivity index (χ0) is 64.7. The second kappa shape index (κ2) is 21.8. The molecule has 6 heteroatoms. The van der Waals surface area contributed by atoms with Crippen molar-refractivity contribution >= 4 is 32.8 Å². The van der Waals surface area contributed by atoms with E-state index in [1.807, 2.05) is 42.6 Å². The van der Waals surface area contributed by atoms with Crippen molar-refractivity contribution in [3.63, 3.8) is 0 Å². The molecule has 14 rings (SSSR count). The van der Waals surface area contributed by atoms with Crippen molar-refractivity contribution in [1.29, 1.82) is 0 Å². The quantitative estimate of drug-likeness (QED) is 0.118. The second-order valence-corrected chi connectivity index (χ2v) is 27.4. The predicted molar refractivity (Wildman–Crippen MR) is 361 cm³/mol. The molecule has 0 saturated carbocycles. The fourth-order valence-corrected chi connectivity index (χ4v) is 12.5. The van der Waals surface area contributed by atoms with Gasteiger partial charge in [0.25, 0.3) is 6.33 Å². The normalized spacial score (nSPS) is 13.2. The van der Waals surface area contributed by atoms with E-state index in [2.05, 4.69) is 261 Å². The molecule has 0 spiro atoms. The van der Waals surface area contributed by atoms with Crippen LogP contribution in [0.15, 0.2) is 218 Å². The first kappa shape index (κ1) is 52.3. The predicted octanol–water partition coefficient (Wildman–Crippen LogP) is 21.1. The van der Waals surface area contributed by atoms with Crippen LogP contribution in [0.1, 0.15) is 112 Å². The van der Waals surface area contributed by atoms with Crippen molar-refractivity contribution in [1.82, 2.24) is 14.1 Å². The summed E-state index contributed by atoms with van der Waals surface area (Å²) in [7, 11) is 0. The van der Waals surface area contributed by atoms with E-state index < -0.39 is 18.1 Å². The number of imidazole rings is 1. The summed E-state index contributed by atoms with van der Waals surface area (Å²) in [6, 6.07) is 69.5. The average molecular weight is 1330 g/mol. The standard InChI is InChI=1S/C82H72N4O.Pt/c1-79(2,3)56-37-35-53(36-38-56)64-31-22-33-70-76-63(52-23-14-13-15-24-52)30-21-32-69(76)65-27-16-17-28-66(65)71-45-55(54-43-58(81(7,8)9)47-59(44-54)82(10,11)12)46-74-78(71)85(77(64)70)51-84(74)60-25-20-26-61(49-60)87-62-39-40-68-67-29-18-19-34-72(67)86(73(68)50-62)75-48-57(41-42-83-75)80(4,5)6;/h13-48H,1-12H3;/q-2;/i13D,14D,15D,23D,24D;. The first-order chi connectivity index (χ1) is 43.7. The van der Waals surface area contributed by atoms with Gasteiger partial charge in [-0.15, -0.1) is 29.7 Å². The maximum atomic E-state index is 9.53. The number of fused-ring (bicyclic) bond motifs is 10. The summed E-state index contributed by atoms with van der Waals surface area (Å²) in [5.41, 5.74) is 19.1. The van der Waals surface area contributed by atoms with Gasteiger partial charge in [0.05, 0.1) is 23.6 Å². The van der Waals surface area contributed by atoms with E-state index in [-0.39, 0.29) is 60.4 Å². The molecule has 0 amide bonds.